The highest BCUT2D eigenvalue weighted by Crippen LogP contribution is 2.37. The van der Waals surface area contributed by atoms with Gasteiger partial charge in [-0.1, -0.05) is 140 Å². The third-order valence-electron chi connectivity index (χ3n) is 9.63. The van der Waals surface area contributed by atoms with E-state index in [1.54, 1.807) is 0 Å². The van der Waals surface area contributed by atoms with Crippen LogP contribution in [0, 0.1) is 0 Å². The van der Waals surface area contributed by atoms with E-state index in [1.807, 2.05) is 12.1 Å². The van der Waals surface area contributed by atoms with Gasteiger partial charge in [0.25, 0.3) is 0 Å². The van der Waals surface area contributed by atoms with Crippen LogP contribution in [-0.4, -0.2) is 24.5 Å². The molecule has 0 fully saturated rings. The largest absolute Gasteiger partial charge is 0.292 e. The molecule has 0 aliphatic carbocycles. The monoisotopic (exact) mass is 651 g/mol. The summed E-state index contributed by atoms with van der Waals surface area (Å²) in [4.78, 5) is 20.6. The summed E-state index contributed by atoms with van der Waals surface area (Å²) in [5.41, 5.74) is 6.91. The molecule has 2 aromatic heterocycles. The quantitative estimate of drug-likeness (QED) is 0.186. The first-order chi connectivity index (χ1) is 25.3. The third kappa shape index (κ3) is 5.03. The zero-order chi connectivity index (χ0) is 33.7. The minimum Gasteiger partial charge on any atom is -0.292 e. The van der Waals surface area contributed by atoms with Crippen molar-refractivity contribution in [3.05, 3.63) is 176 Å². The molecule has 0 saturated heterocycles. The van der Waals surface area contributed by atoms with Crippen molar-refractivity contribution in [2.75, 3.05) is 0 Å². The number of hydrogen-bond acceptors (Lipinski definition) is 4. The Kier molecular flexibility index (Phi) is 6.74. The minimum atomic E-state index is 0.623. The fourth-order valence-corrected chi connectivity index (χ4v) is 7.14. The minimum absolute atomic E-state index is 0.623. The van der Waals surface area contributed by atoms with E-state index < -0.39 is 0 Å². The molecule has 10 rings (SSSR count). The molecule has 2 heterocycles. The first-order valence-corrected chi connectivity index (χ1v) is 17.1. The summed E-state index contributed by atoms with van der Waals surface area (Å²) < 4.78 is 2.27. The van der Waals surface area contributed by atoms with Gasteiger partial charge < -0.3 is 0 Å². The molecule has 0 unspecified atom stereocenters. The van der Waals surface area contributed by atoms with Crippen LogP contribution in [0.4, 0.5) is 0 Å². The zero-order valence-corrected chi connectivity index (χ0v) is 27.5. The molecule has 0 radical (unpaired) electrons. The second kappa shape index (κ2) is 11.9. The lowest BCUT2D eigenvalue weighted by Crippen LogP contribution is -2.02. The number of rotatable bonds is 5. The summed E-state index contributed by atoms with van der Waals surface area (Å²) in [6.07, 6.45) is 0. The lowest BCUT2D eigenvalue weighted by atomic mass is 10.0. The van der Waals surface area contributed by atoms with Gasteiger partial charge in [-0.15, -0.1) is 0 Å². The Bertz CT molecular complexity index is 2830. The van der Waals surface area contributed by atoms with E-state index in [9.17, 15) is 0 Å². The molecule has 0 atom stereocenters. The van der Waals surface area contributed by atoms with Crippen LogP contribution in [0.3, 0.4) is 0 Å². The smallest absolute Gasteiger partial charge is 0.164 e. The molecule has 5 heteroatoms. The van der Waals surface area contributed by atoms with E-state index >= 15 is 0 Å². The lowest BCUT2D eigenvalue weighted by Gasteiger charge is -2.16. The average Bonchev–Trinajstić information content (AvgIpc) is 3.60. The summed E-state index contributed by atoms with van der Waals surface area (Å²) in [5, 5.41) is 6.76. The summed E-state index contributed by atoms with van der Waals surface area (Å²) in [6.45, 7) is 0. The number of fused-ring (bicyclic) bond motifs is 4. The number of aromatic nitrogens is 5. The van der Waals surface area contributed by atoms with Gasteiger partial charge in [0.05, 0.1) is 16.7 Å². The van der Waals surface area contributed by atoms with Crippen molar-refractivity contribution < 1.29 is 0 Å². The van der Waals surface area contributed by atoms with E-state index in [1.165, 1.54) is 10.8 Å². The van der Waals surface area contributed by atoms with Crippen LogP contribution in [0.1, 0.15) is 0 Å². The molecule has 0 saturated carbocycles. The Morgan fingerprint density at radius 3 is 1.59 bits per heavy atom. The van der Waals surface area contributed by atoms with E-state index in [-0.39, 0.29) is 0 Å². The highest BCUT2D eigenvalue weighted by Gasteiger charge is 2.20. The normalized spacial score (nSPS) is 11.5. The molecule has 5 nitrogen and oxygen atoms in total. The molecule has 0 bridgehead atoms. The molecule has 0 N–H and O–H groups in total. The van der Waals surface area contributed by atoms with Gasteiger partial charge in [0.1, 0.15) is 5.82 Å². The molecule has 51 heavy (non-hydrogen) atoms. The zero-order valence-electron chi connectivity index (χ0n) is 27.5. The van der Waals surface area contributed by atoms with E-state index in [4.69, 9.17) is 19.9 Å². The number of nitrogens with zero attached hydrogens (tertiary/aromatic N) is 5. The van der Waals surface area contributed by atoms with Gasteiger partial charge in [0.15, 0.2) is 17.5 Å². The summed E-state index contributed by atoms with van der Waals surface area (Å²) in [6, 6.07) is 61.0. The maximum Gasteiger partial charge on any atom is 0.164 e. The van der Waals surface area contributed by atoms with E-state index in [0.29, 0.717) is 17.5 Å². The highest BCUT2D eigenvalue weighted by molar-refractivity contribution is 6.02. The summed E-state index contributed by atoms with van der Waals surface area (Å²) >= 11 is 0. The Labute approximate surface area is 294 Å². The summed E-state index contributed by atoms with van der Waals surface area (Å²) in [7, 11) is 0. The molecule has 10 aromatic rings. The first kappa shape index (κ1) is 29.0. The highest BCUT2D eigenvalue weighted by atomic mass is 15.1. The van der Waals surface area contributed by atoms with Crippen molar-refractivity contribution in [1.82, 2.24) is 24.5 Å². The van der Waals surface area contributed by atoms with Gasteiger partial charge in [0, 0.05) is 27.6 Å². The van der Waals surface area contributed by atoms with E-state index in [2.05, 4.69) is 168 Å². The maximum atomic E-state index is 5.18. The Hall–Kier alpha value is -6.98. The van der Waals surface area contributed by atoms with Crippen molar-refractivity contribution in [3.63, 3.8) is 0 Å². The predicted octanol–water partition coefficient (Wildman–Crippen LogP) is 11.3. The predicted molar refractivity (Wildman–Crippen MR) is 209 cm³/mol. The van der Waals surface area contributed by atoms with Gasteiger partial charge in [-0.05, 0) is 63.3 Å². The molecule has 8 aromatic carbocycles. The molecular formula is C46H29N5. The van der Waals surface area contributed by atoms with E-state index in [0.717, 1.165) is 66.3 Å². The van der Waals surface area contributed by atoms with Gasteiger partial charge >= 0.3 is 0 Å². The fraction of sp³-hybridized carbons (Fsp3) is 0. The van der Waals surface area contributed by atoms with Crippen molar-refractivity contribution in [3.8, 4) is 51.2 Å². The molecule has 0 amide bonds. The van der Waals surface area contributed by atoms with Crippen LogP contribution in [0.2, 0.25) is 0 Å². The molecule has 0 aliphatic heterocycles. The van der Waals surface area contributed by atoms with Crippen molar-refractivity contribution >= 4 is 43.4 Å². The Morgan fingerprint density at radius 1 is 0.353 bits per heavy atom. The Morgan fingerprint density at radius 2 is 0.902 bits per heavy atom. The average molecular weight is 652 g/mol. The van der Waals surface area contributed by atoms with Gasteiger partial charge in [-0.25, -0.2) is 19.9 Å². The number of hydrogen-bond donors (Lipinski definition) is 0. The van der Waals surface area contributed by atoms with Crippen molar-refractivity contribution in [1.29, 1.82) is 0 Å². The van der Waals surface area contributed by atoms with Crippen LogP contribution < -0.4 is 0 Å². The number of imidazole rings is 1. The third-order valence-corrected chi connectivity index (χ3v) is 9.63. The van der Waals surface area contributed by atoms with Crippen LogP contribution in [0.25, 0.3) is 94.6 Å². The molecule has 0 spiro atoms. The fourth-order valence-electron chi connectivity index (χ4n) is 7.14. The number of benzene rings is 8. The molecular weight excluding hydrogens is 623 g/mol. The molecule has 0 aliphatic rings. The second-order valence-corrected chi connectivity index (χ2v) is 12.7. The summed E-state index contributed by atoms with van der Waals surface area (Å²) in [5.74, 6) is 2.79. The van der Waals surface area contributed by atoms with Crippen LogP contribution in [0.15, 0.2) is 176 Å². The molecule has 238 valence electrons. The second-order valence-electron chi connectivity index (χ2n) is 12.7. The van der Waals surface area contributed by atoms with Crippen molar-refractivity contribution in [2.24, 2.45) is 0 Å². The van der Waals surface area contributed by atoms with Crippen LogP contribution in [0.5, 0.6) is 0 Å². The van der Waals surface area contributed by atoms with Crippen LogP contribution in [-0.2, 0) is 0 Å². The maximum absolute atomic E-state index is 5.18. The topological polar surface area (TPSA) is 56.5 Å². The van der Waals surface area contributed by atoms with Gasteiger partial charge in [0.2, 0.25) is 0 Å². The SMILES string of the molecule is c1ccc(-c2nc3ccccc3n2-c2ccc(-c3nc(-c4ccc5ccccc5c4)nc(-c4ccc5ccccc5c4)n3)c3ccccc23)cc1. The first-order valence-electron chi connectivity index (χ1n) is 17.1. The Balaban J connectivity index is 1.21. The van der Waals surface area contributed by atoms with Crippen molar-refractivity contribution in [2.45, 2.75) is 0 Å². The number of para-hydroxylation sites is 2. The lowest BCUT2D eigenvalue weighted by molar-refractivity contribution is 1.08. The van der Waals surface area contributed by atoms with Gasteiger partial charge in [-0.2, -0.15) is 0 Å². The van der Waals surface area contributed by atoms with Crippen LogP contribution >= 0.6 is 0 Å². The standard InChI is InChI=1S/C46H29N5/c1-2-14-32(15-3-1)46-47-40-20-10-11-21-42(40)51(46)41-27-26-39(37-18-8-9-19-38(37)41)45-49-43(35-24-22-30-12-4-6-16-33(30)28-35)48-44(50-45)36-25-23-31-13-5-7-17-34(31)29-36/h1-29H. The van der Waals surface area contributed by atoms with Gasteiger partial charge in [-0.3, -0.25) is 4.57 Å².